The topological polar surface area (TPSA) is 53.0 Å². The van der Waals surface area contributed by atoms with Crippen LogP contribution in [0.2, 0.25) is 0 Å². The third kappa shape index (κ3) is 5.01. The molecule has 0 heterocycles. The molecule has 0 amide bonds. The molecule has 2 N–H and O–H groups in total. The monoisotopic (exact) mass is 241 g/mol. The first kappa shape index (κ1) is 14.3. The Kier molecular flexibility index (Phi) is 5.94. The van der Waals surface area contributed by atoms with Crippen LogP contribution in [-0.4, -0.2) is 25.0 Å². The summed E-state index contributed by atoms with van der Waals surface area (Å²) >= 11 is 0. The lowest BCUT2D eigenvalue weighted by molar-refractivity contribution is 0.303. The smallest absolute Gasteiger partial charge is 0.0666 e. The third-order valence-corrected chi connectivity index (χ3v) is 2.52. The Hall–Kier alpha value is -1.81. The van der Waals surface area contributed by atoms with Crippen molar-refractivity contribution in [3.8, 4) is 17.9 Å². The van der Waals surface area contributed by atoms with E-state index in [2.05, 4.69) is 34.9 Å². The Morgan fingerprint density at radius 3 is 2.89 bits per heavy atom. The molecule has 0 aliphatic carbocycles. The molecule has 3 nitrogen and oxygen atoms in total. The van der Waals surface area contributed by atoms with Crippen LogP contribution in [0.1, 0.15) is 18.1 Å². The maximum absolute atomic E-state index is 8.78. The van der Waals surface area contributed by atoms with Crippen LogP contribution in [0.4, 0.5) is 0 Å². The minimum Gasteiger partial charge on any atom is -0.320 e. The summed E-state index contributed by atoms with van der Waals surface area (Å²) < 4.78 is 0. The Morgan fingerprint density at radius 1 is 1.44 bits per heavy atom. The van der Waals surface area contributed by atoms with Gasteiger partial charge in [0.05, 0.1) is 18.5 Å². The highest BCUT2D eigenvalue weighted by molar-refractivity contribution is 5.37. The number of nitrogens with two attached hydrogens (primary N) is 1. The molecule has 1 aromatic rings. The predicted octanol–water partition coefficient (Wildman–Crippen LogP) is 1.59. The van der Waals surface area contributed by atoms with Crippen molar-refractivity contribution in [2.24, 2.45) is 11.7 Å². The molecule has 0 saturated carbocycles. The maximum atomic E-state index is 8.78. The molecule has 94 valence electrons. The van der Waals surface area contributed by atoms with E-state index in [1.165, 1.54) is 5.56 Å². The summed E-state index contributed by atoms with van der Waals surface area (Å²) in [7, 11) is 2.02. The second kappa shape index (κ2) is 7.50. The Morgan fingerprint density at radius 2 is 2.22 bits per heavy atom. The molecule has 0 fully saturated rings. The lowest BCUT2D eigenvalue weighted by atomic mass is 10.1. The number of benzene rings is 1. The van der Waals surface area contributed by atoms with E-state index in [-0.39, 0.29) is 5.92 Å². The van der Waals surface area contributed by atoms with Gasteiger partial charge in [0.15, 0.2) is 0 Å². The molecular formula is C15H19N3. The van der Waals surface area contributed by atoms with Gasteiger partial charge in [-0.3, -0.25) is 0 Å². The van der Waals surface area contributed by atoms with E-state index >= 15 is 0 Å². The van der Waals surface area contributed by atoms with Gasteiger partial charge >= 0.3 is 0 Å². The molecule has 0 radical (unpaired) electrons. The second-order valence-electron chi connectivity index (χ2n) is 4.43. The van der Waals surface area contributed by atoms with Gasteiger partial charge in [-0.25, -0.2) is 0 Å². The molecule has 18 heavy (non-hydrogen) atoms. The fraction of sp³-hybridized carbons (Fsp3) is 0.400. The van der Waals surface area contributed by atoms with E-state index in [0.717, 1.165) is 18.7 Å². The maximum Gasteiger partial charge on any atom is 0.0666 e. The van der Waals surface area contributed by atoms with E-state index in [1.807, 2.05) is 26.1 Å². The zero-order valence-corrected chi connectivity index (χ0v) is 11.0. The van der Waals surface area contributed by atoms with Crippen LogP contribution < -0.4 is 5.73 Å². The number of nitriles is 1. The summed E-state index contributed by atoms with van der Waals surface area (Å²) in [6.07, 6.45) is 0. The van der Waals surface area contributed by atoms with Crippen molar-refractivity contribution in [2.75, 3.05) is 20.1 Å². The van der Waals surface area contributed by atoms with Crippen LogP contribution in [0.3, 0.4) is 0 Å². The van der Waals surface area contributed by atoms with Gasteiger partial charge in [-0.2, -0.15) is 5.26 Å². The number of hydrogen-bond donors (Lipinski definition) is 1. The molecule has 0 saturated heterocycles. The number of hydrogen-bond acceptors (Lipinski definition) is 3. The standard InChI is InChI=1S/C15H19N3/c1-13(10-17)11-18(2)12-15-6-3-5-14(9-15)7-4-8-16/h3,5-6,9,13H,8,11-12,16H2,1-2H3. The fourth-order valence-corrected chi connectivity index (χ4v) is 1.79. The lowest BCUT2D eigenvalue weighted by Crippen LogP contribution is -2.23. The van der Waals surface area contributed by atoms with Crippen molar-refractivity contribution in [1.82, 2.24) is 4.90 Å². The van der Waals surface area contributed by atoms with Gasteiger partial charge in [-0.15, -0.1) is 0 Å². The second-order valence-corrected chi connectivity index (χ2v) is 4.43. The first-order valence-corrected chi connectivity index (χ1v) is 6.01. The van der Waals surface area contributed by atoms with E-state index in [1.54, 1.807) is 0 Å². The first-order chi connectivity index (χ1) is 8.65. The van der Waals surface area contributed by atoms with Crippen LogP contribution in [0.15, 0.2) is 24.3 Å². The number of nitrogens with zero attached hydrogens (tertiary/aromatic N) is 2. The van der Waals surface area contributed by atoms with Crippen molar-refractivity contribution in [3.63, 3.8) is 0 Å². The van der Waals surface area contributed by atoms with Crippen molar-refractivity contribution >= 4 is 0 Å². The third-order valence-electron chi connectivity index (χ3n) is 2.52. The fourth-order valence-electron chi connectivity index (χ4n) is 1.79. The SMILES string of the molecule is CC(C#N)CN(C)Cc1cccc(C#CCN)c1. The minimum atomic E-state index is 0.0511. The molecule has 3 heteroatoms. The lowest BCUT2D eigenvalue weighted by Gasteiger charge is -2.17. The van der Waals surface area contributed by atoms with E-state index in [0.29, 0.717) is 6.54 Å². The largest absolute Gasteiger partial charge is 0.320 e. The van der Waals surface area contributed by atoms with E-state index in [4.69, 9.17) is 11.0 Å². The van der Waals surface area contributed by atoms with Gasteiger partial charge in [-0.05, 0) is 31.7 Å². The first-order valence-electron chi connectivity index (χ1n) is 6.01. The summed E-state index contributed by atoms with van der Waals surface area (Å²) in [6.45, 7) is 3.91. The Bertz CT molecular complexity index is 476. The Labute approximate surface area is 109 Å². The van der Waals surface area contributed by atoms with Gasteiger partial charge in [0.25, 0.3) is 0 Å². The molecule has 1 aromatic carbocycles. The highest BCUT2D eigenvalue weighted by atomic mass is 15.1. The van der Waals surface area contributed by atoms with E-state index < -0.39 is 0 Å². The number of rotatable bonds is 4. The molecule has 1 unspecified atom stereocenters. The molecular weight excluding hydrogens is 222 g/mol. The molecule has 1 atom stereocenters. The molecule has 0 aliphatic rings. The van der Waals surface area contributed by atoms with Gasteiger partial charge in [-0.1, -0.05) is 24.0 Å². The van der Waals surface area contributed by atoms with Gasteiger partial charge in [0.1, 0.15) is 0 Å². The summed E-state index contributed by atoms with van der Waals surface area (Å²) in [5.41, 5.74) is 7.54. The van der Waals surface area contributed by atoms with Crippen LogP contribution in [0, 0.1) is 29.1 Å². The highest BCUT2D eigenvalue weighted by Gasteiger charge is 2.05. The minimum absolute atomic E-state index is 0.0511. The van der Waals surface area contributed by atoms with E-state index in [9.17, 15) is 0 Å². The summed E-state index contributed by atoms with van der Waals surface area (Å²) in [5.74, 6) is 5.92. The van der Waals surface area contributed by atoms with Crippen LogP contribution in [0.5, 0.6) is 0 Å². The van der Waals surface area contributed by atoms with Crippen LogP contribution in [0.25, 0.3) is 0 Å². The van der Waals surface area contributed by atoms with Gasteiger partial charge in [0.2, 0.25) is 0 Å². The van der Waals surface area contributed by atoms with Crippen LogP contribution >= 0.6 is 0 Å². The molecule has 0 aliphatic heterocycles. The average molecular weight is 241 g/mol. The van der Waals surface area contributed by atoms with Gasteiger partial charge < -0.3 is 10.6 Å². The summed E-state index contributed by atoms with van der Waals surface area (Å²) in [6, 6.07) is 10.4. The van der Waals surface area contributed by atoms with Crippen molar-refractivity contribution in [2.45, 2.75) is 13.5 Å². The predicted molar refractivity (Wildman–Crippen MR) is 73.5 cm³/mol. The highest BCUT2D eigenvalue weighted by Crippen LogP contribution is 2.08. The molecule has 1 rings (SSSR count). The molecule has 0 aromatic heterocycles. The zero-order valence-electron chi connectivity index (χ0n) is 11.0. The van der Waals surface area contributed by atoms with Crippen molar-refractivity contribution in [1.29, 1.82) is 5.26 Å². The molecule has 0 spiro atoms. The Balaban J connectivity index is 2.65. The average Bonchev–Trinajstić information content (AvgIpc) is 2.36. The summed E-state index contributed by atoms with van der Waals surface area (Å²) in [5, 5.41) is 8.78. The normalized spacial score (nSPS) is 11.5. The zero-order chi connectivity index (χ0) is 13.4. The van der Waals surface area contributed by atoms with Crippen molar-refractivity contribution < 1.29 is 0 Å². The quantitative estimate of drug-likeness (QED) is 0.814. The summed E-state index contributed by atoms with van der Waals surface area (Å²) in [4.78, 5) is 2.14. The molecule has 0 bridgehead atoms. The van der Waals surface area contributed by atoms with Crippen molar-refractivity contribution in [3.05, 3.63) is 35.4 Å². The van der Waals surface area contributed by atoms with Gasteiger partial charge in [0, 0.05) is 18.7 Å². The van der Waals surface area contributed by atoms with Crippen LogP contribution in [-0.2, 0) is 6.54 Å².